The molecule has 11 atom stereocenters. The third-order valence-corrected chi connectivity index (χ3v) is 5.93. The number of carbonyl (C=O) groups excluding carboxylic acids is 2. The Balaban J connectivity index is 1.93. The molecule has 176 valence electrons. The fraction of sp³-hybridized carbons (Fsp3) is 0.778. The van der Waals surface area contributed by atoms with Crippen LogP contribution >= 0.6 is 0 Å². The summed E-state index contributed by atoms with van der Waals surface area (Å²) in [6, 6.07) is 0. The summed E-state index contributed by atoms with van der Waals surface area (Å²) in [5.41, 5.74) is -0.154. The summed E-state index contributed by atoms with van der Waals surface area (Å²) < 4.78 is 25.7. The van der Waals surface area contributed by atoms with Gasteiger partial charge in [0.05, 0.1) is 50.8 Å². The predicted molar refractivity (Wildman–Crippen MR) is 94.3 cm³/mol. The van der Waals surface area contributed by atoms with Crippen LogP contribution in [-0.4, -0.2) is 113 Å². The lowest BCUT2D eigenvalue weighted by molar-refractivity contribution is -0.342. The van der Waals surface area contributed by atoms with Gasteiger partial charge in [-0.2, -0.15) is 0 Å². The van der Waals surface area contributed by atoms with Gasteiger partial charge in [-0.3, -0.25) is 4.79 Å². The Labute approximate surface area is 176 Å². The quantitative estimate of drug-likeness (QED) is 0.221. The monoisotopic (exact) mass is 450 g/mol. The molecule has 31 heavy (non-hydrogen) atoms. The zero-order valence-corrected chi connectivity index (χ0v) is 16.7. The third-order valence-electron chi connectivity index (χ3n) is 5.93. The number of methoxy groups -OCH3 is 2. The minimum Gasteiger partial charge on any atom is -0.472 e. The Morgan fingerprint density at radius 1 is 0.935 bits per heavy atom. The highest BCUT2D eigenvalue weighted by atomic mass is 16.8. The van der Waals surface area contributed by atoms with Crippen LogP contribution < -0.4 is 0 Å². The standard InChI is InChI=1S/C18H26O13/c1-27-15(25)5-4-29-17(8-7(5)11(21)12(22)9(8)16(26)28-2)31-18-14(24)13(23)10(20)6(3-19)30-18/h4,6-14,17-24H,3H2,1-2H3/t6-,7-,8+,9-,10-,11-,12-,13+,14-,17+,18+/m1/s1. The van der Waals surface area contributed by atoms with Crippen LogP contribution in [0.25, 0.3) is 0 Å². The molecule has 0 spiro atoms. The second-order valence-electron chi connectivity index (χ2n) is 7.54. The lowest BCUT2D eigenvalue weighted by atomic mass is 9.82. The van der Waals surface area contributed by atoms with Gasteiger partial charge in [-0.15, -0.1) is 0 Å². The lowest BCUT2D eigenvalue weighted by Crippen LogP contribution is -2.60. The molecule has 0 amide bonds. The second-order valence-corrected chi connectivity index (χ2v) is 7.54. The van der Waals surface area contributed by atoms with Crippen LogP contribution in [-0.2, 0) is 33.3 Å². The molecule has 0 aromatic heterocycles. The number of aliphatic hydroxyl groups excluding tert-OH is 6. The van der Waals surface area contributed by atoms with Crippen molar-refractivity contribution in [1.82, 2.24) is 0 Å². The average molecular weight is 450 g/mol. The summed E-state index contributed by atoms with van der Waals surface area (Å²) in [7, 11) is 2.17. The van der Waals surface area contributed by atoms with E-state index in [4.69, 9.17) is 18.9 Å². The number of carbonyl (C=O) groups is 2. The van der Waals surface area contributed by atoms with Crippen LogP contribution in [0.1, 0.15) is 0 Å². The molecule has 2 aliphatic heterocycles. The normalized spacial score (nSPS) is 44.6. The fourth-order valence-electron chi connectivity index (χ4n) is 4.31. The number of hydrogen-bond acceptors (Lipinski definition) is 13. The molecule has 0 unspecified atom stereocenters. The highest BCUT2D eigenvalue weighted by molar-refractivity contribution is 5.89. The first kappa shape index (κ1) is 23.8. The maximum absolute atomic E-state index is 12.3. The molecular weight excluding hydrogens is 424 g/mol. The predicted octanol–water partition coefficient (Wildman–Crippen LogP) is -4.03. The molecule has 0 radical (unpaired) electrons. The molecule has 13 heteroatoms. The molecule has 2 heterocycles. The van der Waals surface area contributed by atoms with E-state index in [1.54, 1.807) is 0 Å². The zero-order valence-electron chi connectivity index (χ0n) is 16.7. The van der Waals surface area contributed by atoms with Crippen molar-refractivity contribution in [2.24, 2.45) is 17.8 Å². The molecule has 0 aromatic carbocycles. The molecule has 6 N–H and O–H groups in total. The van der Waals surface area contributed by atoms with E-state index in [0.717, 1.165) is 20.5 Å². The lowest BCUT2D eigenvalue weighted by Gasteiger charge is -2.43. The van der Waals surface area contributed by atoms with Gasteiger partial charge < -0.3 is 54.3 Å². The van der Waals surface area contributed by atoms with Crippen molar-refractivity contribution in [3.63, 3.8) is 0 Å². The summed E-state index contributed by atoms with van der Waals surface area (Å²) in [6.45, 7) is -0.697. The van der Waals surface area contributed by atoms with E-state index < -0.39 is 85.5 Å². The van der Waals surface area contributed by atoms with E-state index in [0.29, 0.717) is 0 Å². The van der Waals surface area contributed by atoms with Crippen molar-refractivity contribution in [2.45, 2.75) is 49.2 Å². The SMILES string of the molecule is COC(=O)C1=CO[C@@H](O[C@@H]2O[C@H](CO)[C@@H](O)[C@H](O)[C@H]2O)[C@@H]2[C@@H](C(=O)OC)[C@@H](O)[C@H](O)[C@H]12. The van der Waals surface area contributed by atoms with Crippen molar-refractivity contribution in [2.75, 3.05) is 20.8 Å². The highest BCUT2D eigenvalue weighted by Gasteiger charge is 2.61. The van der Waals surface area contributed by atoms with Gasteiger partial charge in [-0.05, 0) is 0 Å². The molecule has 0 bridgehead atoms. The van der Waals surface area contributed by atoms with Crippen molar-refractivity contribution in [3.8, 4) is 0 Å². The minimum absolute atomic E-state index is 0.154. The Hall–Kier alpha value is -1.84. The van der Waals surface area contributed by atoms with Gasteiger partial charge in [0.2, 0.25) is 6.29 Å². The molecule has 2 fully saturated rings. The van der Waals surface area contributed by atoms with Crippen LogP contribution in [0.5, 0.6) is 0 Å². The van der Waals surface area contributed by atoms with Gasteiger partial charge in [0.1, 0.15) is 24.4 Å². The maximum atomic E-state index is 12.3. The molecule has 3 rings (SSSR count). The summed E-state index contributed by atoms with van der Waals surface area (Å²) in [6.07, 6.45) is -11.7. The van der Waals surface area contributed by atoms with Gasteiger partial charge in [0.15, 0.2) is 6.29 Å². The molecule has 13 nitrogen and oxygen atoms in total. The topological polar surface area (TPSA) is 202 Å². The molecular formula is C18H26O13. The third kappa shape index (κ3) is 4.03. The van der Waals surface area contributed by atoms with E-state index in [2.05, 4.69) is 4.74 Å². The van der Waals surface area contributed by atoms with E-state index in [-0.39, 0.29) is 5.57 Å². The van der Waals surface area contributed by atoms with Crippen molar-refractivity contribution in [3.05, 3.63) is 11.8 Å². The average Bonchev–Trinajstić information content (AvgIpc) is 3.04. The molecule has 1 saturated heterocycles. The zero-order chi connectivity index (χ0) is 23.0. The Morgan fingerprint density at radius 2 is 1.61 bits per heavy atom. The first-order valence-electron chi connectivity index (χ1n) is 9.51. The fourth-order valence-corrected chi connectivity index (χ4v) is 4.31. The van der Waals surface area contributed by atoms with E-state index in [9.17, 15) is 40.2 Å². The van der Waals surface area contributed by atoms with Crippen LogP contribution in [0.4, 0.5) is 0 Å². The highest BCUT2D eigenvalue weighted by Crippen LogP contribution is 2.48. The van der Waals surface area contributed by atoms with E-state index in [1.807, 2.05) is 0 Å². The number of hydrogen-bond donors (Lipinski definition) is 6. The Morgan fingerprint density at radius 3 is 2.19 bits per heavy atom. The van der Waals surface area contributed by atoms with Crippen LogP contribution in [0, 0.1) is 17.8 Å². The smallest absolute Gasteiger partial charge is 0.337 e. The minimum atomic E-state index is -1.77. The first-order valence-corrected chi connectivity index (χ1v) is 9.51. The molecule has 0 aromatic rings. The summed E-state index contributed by atoms with van der Waals surface area (Å²) >= 11 is 0. The van der Waals surface area contributed by atoms with E-state index in [1.165, 1.54) is 0 Å². The molecule has 1 aliphatic carbocycles. The summed E-state index contributed by atoms with van der Waals surface area (Å²) in [5, 5.41) is 60.4. The van der Waals surface area contributed by atoms with Crippen LogP contribution in [0.15, 0.2) is 11.8 Å². The summed E-state index contributed by atoms with van der Waals surface area (Å²) in [4.78, 5) is 24.5. The maximum Gasteiger partial charge on any atom is 0.337 e. The summed E-state index contributed by atoms with van der Waals surface area (Å²) in [5.74, 6) is -5.48. The number of fused-ring (bicyclic) bond motifs is 1. The van der Waals surface area contributed by atoms with Crippen molar-refractivity contribution in [1.29, 1.82) is 0 Å². The van der Waals surface area contributed by atoms with Crippen molar-refractivity contribution < 1.29 is 63.9 Å². The van der Waals surface area contributed by atoms with Gasteiger partial charge in [0, 0.05) is 11.8 Å². The number of aliphatic hydroxyl groups is 6. The van der Waals surface area contributed by atoms with Gasteiger partial charge >= 0.3 is 11.9 Å². The van der Waals surface area contributed by atoms with Gasteiger partial charge in [-0.1, -0.05) is 0 Å². The van der Waals surface area contributed by atoms with Gasteiger partial charge in [-0.25, -0.2) is 4.79 Å². The van der Waals surface area contributed by atoms with Crippen molar-refractivity contribution >= 4 is 11.9 Å². The molecule has 1 saturated carbocycles. The first-order chi connectivity index (χ1) is 14.7. The largest absolute Gasteiger partial charge is 0.472 e. The number of rotatable bonds is 5. The van der Waals surface area contributed by atoms with Crippen LogP contribution in [0.3, 0.4) is 0 Å². The second kappa shape index (κ2) is 9.34. The van der Waals surface area contributed by atoms with Crippen LogP contribution in [0.2, 0.25) is 0 Å². The molecule has 3 aliphatic rings. The number of esters is 2. The Kier molecular flexibility index (Phi) is 7.18. The number of ether oxygens (including phenoxy) is 5. The van der Waals surface area contributed by atoms with Gasteiger partial charge in [0.25, 0.3) is 0 Å². The Bertz CT molecular complexity index is 709. The van der Waals surface area contributed by atoms with E-state index >= 15 is 0 Å².